The number of aliphatic imine (C=N–C) groups is 1. The van der Waals surface area contributed by atoms with Crippen molar-refractivity contribution >= 4 is 35.0 Å². The molecule has 2 amide bonds. The molecule has 0 bridgehead atoms. The van der Waals surface area contributed by atoms with Gasteiger partial charge in [0.2, 0.25) is 6.17 Å². The molecule has 0 aromatic heterocycles. The molecule has 0 spiro atoms. The number of nitrogens with zero attached hydrogens (tertiary/aromatic N) is 1. The van der Waals surface area contributed by atoms with E-state index in [1.54, 1.807) is 36.4 Å². The van der Waals surface area contributed by atoms with Crippen LogP contribution in [0.5, 0.6) is 0 Å². The normalized spacial score (nSPS) is 16.7. The third-order valence-corrected chi connectivity index (χ3v) is 3.58. The lowest BCUT2D eigenvalue weighted by atomic mass is 10.0. The van der Waals surface area contributed by atoms with Crippen LogP contribution in [0.2, 0.25) is 5.02 Å². The lowest BCUT2D eigenvalue weighted by Gasteiger charge is -2.10. The topological polar surface area (TPSA) is 90.8 Å². The van der Waals surface area contributed by atoms with E-state index in [1.165, 1.54) is 0 Å². The number of anilines is 1. The first kappa shape index (κ1) is 15.1. The van der Waals surface area contributed by atoms with Gasteiger partial charge in [0.1, 0.15) is 0 Å². The number of rotatable bonds is 2. The molecule has 3 N–H and O–H groups in total. The Bertz CT molecular complexity index is 802. The first-order valence-corrected chi connectivity index (χ1v) is 7.16. The fourth-order valence-electron chi connectivity index (χ4n) is 2.31. The van der Waals surface area contributed by atoms with Crippen LogP contribution in [-0.4, -0.2) is 29.0 Å². The molecule has 0 aliphatic carbocycles. The zero-order chi connectivity index (χ0) is 16.4. The first-order valence-electron chi connectivity index (χ1n) is 6.78. The average Bonchev–Trinajstić information content (AvgIpc) is 2.65. The summed E-state index contributed by atoms with van der Waals surface area (Å²) in [6.07, 6.45) is -2.55. The lowest BCUT2D eigenvalue weighted by molar-refractivity contribution is -0.117. The predicted octanol–water partition coefficient (Wildman–Crippen LogP) is 2.72. The quantitative estimate of drug-likeness (QED) is 0.791. The highest BCUT2D eigenvalue weighted by atomic mass is 35.5. The Morgan fingerprint density at radius 2 is 1.87 bits per heavy atom. The van der Waals surface area contributed by atoms with E-state index in [-0.39, 0.29) is 0 Å². The minimum atomic E-state index is -1.32. The number of carbonyl (C=O) groups is 2. The second-order valence-electron chi connectivity index (χ2n) is 4.87. The van der Waals surface area contributed by atoms with Crippen LogP contribution in [0.4, 0.5) is 10.5 Å². The highest BCUT2D eigenvalue weighted by Crippen LogP contribution is 2.24. The van der Waals surface area contributed by atoms with Crippen LogP contribution in [0, 0.1) is 0 Å². The first-order chi connectivity index (χ1) is 11.0. The zero-order valence-corrected chi connectivity index (χ0v) is 12.5. The molecule has 2 aromatic rings. The minimum Gasteiger partial charge on any atom is -0.465 e. The summed E-state index contributed by atoms with van der Waals surface area (Å²) in [5.41, 5.74) is 2.52. The Kier molecular flexibility index (Phi) is 3.99. The SMILES string of the molecule is O=C(O)NC1N=C(c2ccc(Cl)cc2)c2ccccc2NC1=O. The summed E-state index contributed by atoms with van der Waals surface area (Å²) in [6, 6.07) is 14.1. The number of benzodiazepines with no additional fused rings is 1. The Morgan fingerprint density at radius 3 is 2.57 bits per heavy atom. The van der Waals surface area contributed by atoms with Crippen molar-refractivity contribution in [3.63, 3.8) is 0 Å². The summed E-state index contributed by atoms with van der Waals surface area (Å²) in [5, 5.41) is 14.3. The molecule has 1 heterocycles. The van der Waals surface area contributed by atoms with Crippen molar-refractivity contribution in [2.45, 2.75) is 6.17 Å². The van der Waals surface area contributed by atoms with Crippen LogP contribution in [0.3, 0.4) is 0 Å². The summed E-state index contributed by atoms with van der Waals surface area (Å²) in [7, 11) is 0. The molecule has 1 aliphatic heterocycles. The Labute approximate surface area is 136 Å². The maximum atomic E-state index is 12.2. The van der Waals surface area contributed by atoms with Crippen LogP contribution in [0.25, 0.3) is 0 Å². The van der Waals surface area contributed by atoms with Gasteiger partial charge < -0.3 is 10.4 Å². The van der Waals surface area contributed by atoms with Crippen LogP contribution in [0.1, 0.15) is 11.1 Å². The van der Waals surface area contributed by atoms with Crippen LogP contribution >= 0.6 is 11.6 Å². The number of halogens is 1. The highest BCUT2D eigenvalue weighted by Gasteiger charge is 2.26. The number of fused-ring (bicyclic) bond motifs is 1. The number of carbonyl (C=O) groups excluding carboxylic acids is 1. The highest BCUT2D eigenvalue weighted by molar-refractivity contribution is 6.30. The van der Waals surface area contributed by atoms with Gasteiger partial charge in [0.15, 0.2) is 0 Å². The van der Waals surface area contributed by atoms with Gasteiger partial charge in [-0.3, -0.25) is 10.1 Å². The van der Waals surface area contributed by atoms with Gasteiger partial charge in [0, 0.05) is 16.1 Å². The van der Waals surface area contributed by atoms with E-state index in [2.05, 4.69) is 15.6 Å². The maximum absolute atomic E-state index is 12.2. The second-order valence-corrected chi connectivity index (χ2v) is 5.31. The van der Waals surface area contributed by atoms with Gasteiger partial charge in [-0.2, -0.15) is 0 Å². The lowest BCUT2D eigenvalue weighted by Crippen LogP contribution is -2.41. The number of hydrogen-bond donors (Lipinski definition) is 3. The third-order valence-electron chi connectivity index (χ3n) is 3.32. The Balaban J connectivity index is 2.15. The summed E-state index contributed by atoms with van der Waals surface area (Å²) < 4.78 is 0. The van der Waals surface area contributed by atoms with Crippen molar-refractivity contribution in [3.05, 3.63) is 64.7 Å². The smallest absolute Gasteiger partial charge is 0.406 e. The number of benzene rings is 2. The van der Waals surface area contributed by atoms with Crippen LogP contribution in [0.15, 0.2) is 53.5 Å². The molecule has 3 rings (SSSR count). The number of para-hydroxylation sites is 1. The predicted molar refractivity (Wildman–Crippen MR) is 87.1 cm³/mol. The number of amides is 2. The van der Waals surface area contributed by atoms with E-state index in [4.69, 9.17) is 16.7 Å². The van der Waals surface area contributed by atoms with Crippen LogP contribution < -0.4 is 10.6 Å². The van der Waals surface area contributed by atoms with E-state index >= 15 is 0 Å². The van der Waals surface area contributed by atoms with Gasteiger partial charge in [-0.1, -0.05) is 41.9 Å². The summed E-state index contributed by atoms with van der Waals surface area (Å²) in [4.78, 5) is 27.4. The van der Waals surface area contributed by atoms with Gasteiger partial charge in [-0.25, -0.2) is 9.79 Å². The monoisotopic (exact) mass is 329 g/mol. The van der Waals surface area contributed by atoms with Gasteiger partial charge >= 0.3 is 6.09 Å². The number of hydrogen-bond acceptors (Lipinski definition) is 3. The van der Waals surface area contributed by atoms with Gasteiger partial charge in [0.25, 0.3) is 5.91 Å². The molecule has 1 aliphatic rings. The van der Waals surface area contributed by atoms with Crippen molar-refractivity contribution in [2.24, 2.45) is 4.99 Å². The third kappa shape index (κ3) is 3.17. The van der Waals surface area contributed by atoms with Crippen molar-refractivity contribution in [2.75, 3.05) is 5.32 Å². The molecule has 2 aromatic carbocycles. The van der Waals surface area contributed by atoms with Crippen molar-refractivity contribution in [1.82, 2.24) is 5.32 Å². The number of carboxylic acid groups (broad SMARTS) is 1. The standard InChI is InChI=1S/C16H12ClN3O3/c17-10-7-5-9(6-8-10)13-11-3-1-2-4-12(11)18-15(21)14(19-13)20-16(22)23/h1-8,14,20H,(H,18,21)(H,22,23). The Hall–Kier alpha value is -2.86. The Morgan fingerprint density at radius 1 is 1.17 bits per heavy atom. The molecule has 6 nitrogen and oxygen atoms in total. The molecule has 0 saturated heterocycles. The fraction of sp³-hybridized carbons (Fsp3) is 0.0625. The van der Waals surface area contributed by atoms with E-state index < -0.39 is 18.2 Å². The molecule has 7 heteroatoms. The molecular weight excluding hydrogens is 318 g/mol. The molecule has 23 heavy (non-hydrogen) atoms. The minimum absolute atomic E-state index is 0.509. The maximum Gasteiger partial charge on any atom is 0.406 e. The van der Waals surface area contributed by atoms with E-state index in [0.717, 1.165) is 5.56 Å². The fourth-order valence-corrected chi connectivity index (χ4v) is 2.44. The van der Waals surface area contributed by atoms with E-state index in [0.29, 0.717) is 22.0 Å². The van der Waals surface area contributed by atoms with Gasteiger partial charge in [-0.05, 0) is 18.2 Å². The van der Waals surface area contributed by atoms with E-state index in [1.807, 2.05) is 12.1 Å². The summed E-state index contributed by atoms with van der Waals surface area (Å²) in [5.74, 6) is -0.538. The molecule has 1 unspecified atom stereocenters. The average molecular weight is 330 g/mol. The van der Waals surface area contributed by atoms with Crippen LogP contribution in [-0.2, 0) is 4.79 Å². The number of nitrogens with one attached hydrogen (secondary N) is 2. The molecule has 0 fully saturated rings. The van der Waals surface area contributed by atoms with E-state index in [9.17, 15) is 9.59 Å². The molecular formula is C16H12ClN3O3. The molecule has 116 valence electrons. The summed E-state index contributed by atoms with van der Waals surface area (Å²) in [6.45, 7) is 0. The largest absolute Gasteiger partial charge is 0.465 e. The molecule has 1 atom stereocenters. The summed E-state index contributed by atoms with van der Waals surface area (Å²) >= 11 is 5.91. The van der Waals surface area contributed by atoms with Crippen molar-refractivity contribution in [3.8, 4) is 0 Å². The van der Waals surface area contributed by atoms with Crippen molar-refractivity contribution in [1.29, 1.82) is 0 Å². The molecule has 0 saturated carbocycles. The van der Waals surface area contributed by atoms with Gasteiger partial charge in [-0.15, -0.1) is 0 Å². The van der Waals surface area contributed by atoms with Crippen molar-refractivity contribution < 1.29 is 14.7 Å². The molecule has 0 radical (unpaired) electrons. The zero-order valence-electron chi connectivity index (χ0n) is 11.8. The van der Waals surface area contributed by atoms with Gasteiger partial charge in [0.05, 0.1) is 11.4 Å². The second kappa shape index (κ2) is 6.10.